The van der Waals surface area contributed by atoms with Crippen LogP contribution in [0.5, 0.6) is 0 Å². The fourth-order valence-electron chi connectivity index (χ4n) is 2.33. The molecule has 1 aliphatic rings. The molecule has 1 fully saturated rings. The van der Waals surface area contributed by atoms with Gasteiger partial charge in [-0.3, -0.25) is 0 Å². The van der Waals surface area contributed by atoms with Crippen molar-refractivity contribution in [2.24, 2.45) is 10.8 Å². The minimum Gasteiger partial charge on any atom is -0.350 e. The van der Waals surface area contributed by atoms with Crippen molar-refractivity contribution in [2.75, 3.05) is 18.8 Å². The zero-order valence-electron chi connectivity index (χ0n) is 13.5. The van der Waals surface area contributed by atoms with Gasteiger partial charge in [-0.05, 0) is 24.2 Å². The fourth-order valence-corrected chi connectivity index (χ4v) is 3.06. The molecule has 1 saturated heterocycles. The van der Waals surface area contributed by atoms with Gasteiger partial charge in [-0.25, -0.2) is 10.2 Å². The summed E-state index contributed by atoms with van der Waals surface area (Å²) in [6.45, 7) is 4.34. The lowest BCUT2D eigenvalue weighted by Gasteiger charge is -2.31. The van der Waals surface area contributed by atoms with Crippen LogP contribution in [-0.2, 0) is 6.54 Å². The van der Waals surface area contributed by atoms with Crippen LogP contribution in [0.3, 0.4) is 0 Å². The van der Waals surface area contributed by atoms with Gasteiger partial charge in [0.1, 0.15) is 0 Å². The van der Waals surface area contributed by atoms with Crippen LogP contribution in [0.15, 0.2) is 35.4 Å². The number of carbonyl (C=O) groups is 1. The summed E-state index contributed by atoms with van der Waals surface area (Å²) in [7, 11) is 0. The third-order valence-corrected chi connectivity index (χ3v) is 4.53. The predicted molar refractivity (Wildman–Crippen MR) is 96.2 cm³/mol. The average molecular weight is 335 g/mol. The van der Waals surface area contributed by atoms with Crippen molar-refractivity contribution in [3.05, 3.63) is 35.9 Å². The van der Waals surface area contributed by atoms with Crippen molar-refractivity contribution < 1.29 is 4.79 Å². The van der Waals surface area contributed by atoms with Crippen LogP contribution in [-0.4, -0.2) is 41.0 Å². The molecule has 1 aromatic carbocycles. The minimum absolute atomic E-state index is 0.279. The summed E-state index contributed by atoms with van der Waals surface area (Å²) in [6, 6.07) is 9.77. The smallest absolute Gasteiger partial charge is 0.335 e. The summed E-state index contributed by atoms with van der Waals surface area (Å²) in [5.74, 6) is 0.911. The van der Waals surface area contributed by atoms with Gasteiger partial charge < -0.3 is 16.0 Å². The number of nitrogens with one attached hydrogen (secondary N) is 2. The van der Waals surface area contributed by atoms with Gasteiger partial charge in [-0.1, -0.05) is 49.0 Å². The first-order valence-corrected chi connectivity index (χ1v) is 8.96. The summed E-state index contributed by atoms with van der Waals surface area (Å²) in [5, 5.41) is 7.93. The summed E-state index contributed by atoms with van der Waals surface area (Å²) in [5.41, 5.74) is 9.58. The Hall–Kier alpha value is -1.73. The Labute approximate surface area is 141 Å². The van der Waals surface area contributed by atoms with Crippen LogP contribution in [0, 0.1) is 0 Å². The highest BCUT2D eigenvalue weighted by Gasteiger charge is 2.19. The molecule has 2 rings (SSSR count). The first-order valence-electron chi connectivity index (χ1n) is 7.97. The van der Waals surface area contributed by atoms with E-state index in [9.17, 15) is 4.79 Å². The van der Waals surface area contributed by atoms with Crippen LogP contribution < -0.4 is 16.5 Å². The Bertz CT molecular complexity index is 514. The van der Waals surface area contributed by atoms with E-state index in [1.165, 1.54) is 0 Å². The Morgan fingerprint density at radius 2 is 2.04 bits per heavy atom. The quantitative estimate of drug-likeness (QED) is 0.446. The molecule has 2 amide bonds. The highest BCUT2D eigenvalue weighted by Crippen LogP contribution is 2.15. The van der Waals surface area contributed by atoms with Gasteiger partial charge in [-0.15, -0.1) is 5.10 Å². The molecule has 0 aliphatic carbocycles. The van der Waals surface area contributed by atoms with Crippen molar-refractivity contribution in [1.29, 1.82) is 0 Å². The van der Waals surface area contributed by atoms with Gasteiger partial charge in [0.05, 0.1) is 0 Å². The lowest BCUT2D eigenvalue weighted by Crippen LogP contribution is -2.43. The molecule has 0 radical (unpaired) electrons. The van der Waals surface area contributed by atoms with Crippen molar-refractivity contribution in [2.45, 2.75) is 32.4 Å². The normalized spacial score (nSPS) is 16.3. The topological polar surface area (TPSA) is 82.8 Å². The third kappa shape index (κ3) is 6.11. The van der Waals surface area contributed by atoms with E-state index in [0.717, 1.165) is 42.4 Å². The molecule has 6 nitrogen and oxygen atoms in total. The van der Waals surface area contributed by atoms with E-state index in [1.807, 2.05) is 30.3 Å². The monoisotopic (exact) mass is 335 g/mol. The van der Waals surface area contributed by atoms with Crippen molar-refractivity contribution in [3.8, 4) is 0 Å². The Morgan fingerprint density at radius 1 is 1.35 bits per heavy atom. The van der Waals surface area contributed by atoms with Crippen LogP contribution in [0.4, 0.5) is 4.79 Å². The molecule has 0 atom stereocenters. The molecule has 23 heavy (non-hydrogen) atoms. The fraction of sp³-hybridized carbons (Fsp3) is 0.500. The number of nitrogens with zero attached hydrogens (tertiary/aromatic N) is 2. The number of nitrogens with two attached hydrogens (primary N) is 1. The summed E-state index contributed by atoms with van der Waals surface area (Å²) in [4.78, 5) is 14.1. The van der Waals surface area contributed by atoms with E-state index >= 15 is 0 Å². The van der Waals surface area contributed by atoms with Gasteiger partial charge in [0.25, 0.3) is 0 Å². The zero-order chi connectivity index (χ0) is 16.5. The largest absolute Gasteiger partial charge is 0.350 e. The number of thioether (sulfide) groups is 1. The highest BCUT2D eigenvalue weighted by molar-refractivity contribution is 8.13. The second kappa shape index (κ2) is 9.42. The summed E-state index contributed by atoms with van der Waals surface area (Å²) < 4.78 is 0. The molecule has 0 bridgehead atoms. The van der Waals surface area contributed by atoms with Gasteiger partial charge in [0, 0.05) is 25.7 Å². The molecule has 0 unspecified atom stereocenters. The van der Waals surface area contributed by atoms with Crippen LogP contribution >= 0.6 is 11.8 Å². The van der Waals surface area contributed by atoms with Crippen LogP contribution in [0.25, 0.3) is 0 Å². The van der Waals surface area contributed by atoms with Gasteiger partial charge >= 0.3 is 6.03 Å². The van der Waals surface area contributed by atoms with E-state index in [2.05, 4.69) is 27.7 Å². The molecule has 4 N–H and O–H groups in total. The molecule has 1 heterocycles. The number of amides is 2. The molecule has 7 heteroatoms. The lowest BCUT2D eigenvalue weighted by atomic mass is 10.1. The second-order valence-electron chi connectivity index (χ2n) is 5.43. The van der Waals surface area contributed by atoms with E-state index in [0.29, 0.717) is 6.54 Å². The maximum absolute atomic E-state index is 11.9. The Morgan fingerprint density at radius 3 is 2.70 bits per heavy atom. The minimum atomic E-state index is -0.295. The number of hydrogen-bond donors (Lipinski definition) is 3. The van der Waals surface area contributed by atoms with Crippen molar-refractivity contribution in [1.82, 2.24) is 15.6 Å². The highest BCUT2D eigenvalue weighted by atomic mass is 32.2. The number of piperidine rings is 1. The van der Waals surface area contributed by atoms with E-state index in [1.54, 1.807) is 11.8 Å². The number of urea groups is 1. The zero-order valence-corrected chi connectivity index (χ0v) is 14.3. The predicted octanol–water partition coefficient (Wildman–Crippen LogP) is 1.93. The molecular weight excluding hydrogens is 310 g/mol. The molecule has 0 aromatic heterocycles. The van der Waals surface area contributed by atoms with E-state index < -0.39 is 0 Å². The second-order valence-corrected chi connectivity index (χ2v) is 6.66. The SMILES string of the molecule is CCS/C(=N\NC(=O)NCc1ccccc1)N1CCC(N)CC1. The molecule has 0 spiro atoms. The number of hydrazone groups is 1. The van der Waals surface area contributed by atoms with Crippen molar-refractivity contribution >= 4 is 23.0 Å². The molecule has 1 aromatic rings. The van der Waals surface area contributed by atoms with Gasteiger partial charge in [0.15, 0.2) is 5.17 Å². The number of amidine groups is 1. The number of benzene rings is 1. The number of carbonyl (C=O) groups excluding carboxylic acids is 1. The Kier molecular flexibility index (Phi) is 7.22. The average Bonchev–Trinajstić information content (AvgIpc) is 2.58. The Balaban J connectivity index is 1.83. The van der Waals surface area contributed by atoms with Gasteiger partial charge in [-0.2, -0.15) is 0 Å². The third-order valence-electron chi connectivity index (χ3n) is 3.63. The maximum Gasteiger partial charge on any atom is 0.335 e. The maximum atomic E-state index is 11.9. The molecule has 0 saturated carbocycles. The van der Waals surface area contributed by atoms with Gasteiger partial charge in [0.2, 0.25) is 0 Å². The molecule has 1 aliphatic heterocycles. The van der Waals surface area contributed by atoms with E-state index in [-0.39, 0.29) is 12.1 Å². The number of hydrogen-bond acceptors (Lipinski definition) is 4. The standard InChI is InChI=1S/C16H25N5OS/c1-2-23-16(21-10-8-14(17)9-11-21)20-19-15(22)18-12-13-6-4-3-5-7-13/h3-7,14H,2,8-12,17H2,1H3,(H2,18,19,22)/b20-16-. The first kappa shape index (κ1) is 17.6. The van der Waals surface area contributed by atoms with Crippen LogP contribution in [0.1, 0.15) is 25.3 Å². The van der Waals surface area contributed by atoms with Crippen molar-refractivity contribution in [3.63, 3.8) is 0 Å². The lowest BCUT2D eigenvalue weighted by molar-refractivity contribution is 0.240. The van der Waals surface area contributed by atoms with Crippen LogP contribution in [0.2, 0.25) is 0 Å². The molecular formula is C16H25N5OS. The molecule has 126 valence electrons. The number of likely N-dealkylation sites (tertiary alicyclic amines) is 1. The summed E-state index contributed by atoms with van der Waals surface area (Å²) >= 11 is 1.63. The number of rotatable bonds is 4. The summed E-state index contributed by atoms with van der Waals surface area (Å²) in [6.07, 6.45) is 1.92. The first-order chi connectivity index (χ1) is 11.2. The van der Waals surface area contributed by atoms with E-state index in [4.69, 9.17) is 5.73 Å².